The third-order valence-electron chi connectivity index (χ3n) is 21.6. The lowest BCUT2D eigenvalue weighted by Crippen LogP contribution is -2.82. The highest BCUT2D eigenvalue weighted by Crippen LogP contribution is 2.65. The highest BCUT2D eigenvalue weighted by atomic mass is 28.4. The minimum Gasteiger partial charge on any atom is -0.461 e. The van der Waals surface area contributed by atoms with Gasteiger partial charge in [-0.2, -0.15) is 15.2 Å². The number of carbonyl (C=O) groups is 9. The Morgan fingerprint density at radius 1 is 0.779 bits per heavy atom. The highest BCUT2D eigenvalue weighted by molar-refractivity contribution is 6.87. The van der Waals surface area contributed by atoms with Crippen LogP contribution < -0.4 is 32.6 Å². The van der Waals surface area contributed by atoms with Crippen molar-refractivity contribution in [2.75, 3.05) is 24.2 Å². The van der Waals surface area contributed by atoms with Gasteiger partial charge in [0.25, 0.3) is 17.4 Å². The van der Waals surface area contributed by atoms with E-state index in [9.17, 15) is 53.4 Å². The van der Waals surface area contributed by atoms with Crippen molar-refractivity contribution in [3.63, 3.8) is 0 Å². The molecule has 3 aliphatic carbocycles. The molecule has 7 aromatic rings. The van der Waals surface area contributed by atoms with Gasteiger partial charge in [0.15, 0.2) is 51.4 Å². The SMILES string of the molecule is CC(=O)O[C@H]1C(=O)[C@]2(C)[C@@H](OC(=O)C/C=C/[Si](C)(C)O[Si](C)(C)CCc3nnc(CNC(=O)CCCNC(=O)c4ccc(NCc5cnc6nc(N)[nH]c(=O)c6n5)cc4)cc3C)C[C@H]3OC[C@@]3(OC(C)=O)[C@H]2[C@H](OC(=O)c2ccccc2)[C@]2(O)CC(OC(=O)[C@H](O)[C@@H](NC(=O)c3ccccc3)c3ccccc3)C(C)=C1C2(C)C. The number of H-pyrrole nitrogens is 1. The summed E-state index contributed by atoms with van der Waals surface area (Å²) in [6.07, 6.45) is -7.35. The molecule has 4 heterocycles. The van der Waals surface area contributed by atoms with Gasteiger partial charge in [-0.15, -0.1) is 0 Å². The summed E-state index contributed by atoms with van der Waals surface area (Å²) in [5.41, 5.74) is 3.14. The lowest BCUT2D eigenvalue weighted by molar-refractivity contribution is -0.346. The summed E-state index contributed by atoms with van der Waals surface area (Å²) in [4.78, 5) is 155. The minimum atomic E-state index is -2.73. The van der Waals surface area contributed by atoms with Crippen LogP contribution in [0.3, 0.4) is 0 Å². The highest BCUT2D eigenvalue weighted by Gasteiger charge is 2.79. The van der Waals surface area contributed by atoms with Crippen molar-refractivity contribution in [1.29, 1.82) is 0 Å². The van der Waals surface area contributed by atoms with E-state index in [2.05, 4.69) is 64.5 Å². The predicted molar refractivity (Wildman–Crippen MR) is 416 cm³/mol. The molecule has 596 valence electrons. The number of nitrogens with two attached hydrogens (primary N) is 1. The molecule has 11 rings (SSSR count). The van der Waals surface area contributed by atoms with Crippen molar-refractivity contribution in [3.8, 4) is 0 Å². The number of carbonyl (C=O) groups excluding carboxylic acids is 9. The summed E-state index contributed by atoms with van der Waals surface area (Å²) >= 11 is 0. The number of benzene rings is 4. The van der Waals surface area contributed by atoms with Crippen molar-refractivity contribution >= 4 is 92.8 Å². The van der Waals surface area contributed by atoms with Crippen molar-refractivity contribution in [2.45, 2.75) is 186 Å². The van der Waals surface area contributed by atoms with Crippen molar-refractivity contribution in [3.05, 3.63) is 206 Å². The topological polar surface area (TPSA) is 430 Å². The van der Waals surface area contributed by atoms with Gasteiger partial charge in [0, 0.05) is 61.9 Å². The van der Waals surface area contributed by atoms with E-state index in [1.807, 2.05) is 31.8 Å². The monoisotopic (exact) mass is 1580 g/mol. The molecule has 30 nitrogen and oxygen atoms in total. The van der Waals surface area contributed by atoms with E-state index in [-0.39, 0.29) is 90.1 Å². The minimum absolute atomic E-state index is 0.0124. The van der Waals surface area contributed by atoms with Gasteiger partial charge in [-0.3, -0.25) is 43.3 Å². The Morgan fingerprint density at radius 3 is 2.09 bits per heavy atom. The van der Waals surface area contributed by atoms with E-state index in [0.29, 0.717) is 47.1 Å². The molecule has 11 atom stereocenters. The summed E-state index contributed by atoms with van der Waals surface area (Å²) in [6, 6.07) is 32.0. The number of rotatable bonds is 29. The normalized spacial score (nSPS) is 23.0. The molecule has 3 fully saturated rings. The van der Waals surface area contributed by atoms with Gasteiger partial charge < -0.3 is 69.8 Å². The molecule has 1 aliphatic heterocycles. The first-order chi connectivity index (χ1) is 53.5. The smallest absolute Gasteiger partial charge is 0.338 e. The lowest BCUT2D eigenvalue weighted by atomic mass is 9.44. The van der Waals surface area contributed by atoms with E-state index >= 15 is 4.79 Å². The van der Waals surface area contributed by atoms with Gasteiger partial charge >= 0.3 is 29.8 Å². The molecule has 3 aromatic heterocycles. The van der Waals surface area contributed by atoms with Crippen LogP contribution in [-0.4, -0.2) is 171 Å². The number of aryl methyl sites for hydroxylation is 2. The molecule has 1 saturated heterocycles. The van der Waals surface area contributed by atoms with Crippen molar-refractivity contribution < 1.29 is 85.9 Å². The molecule has 32 heteroatoms. The van der Waals surface area contributed by atoms with Crippen LogP contribution in [0.5, 0.6) is 0 Å². The van der Waals surface area contributed by atoms with Crippen LogP contribution in [0.15, 0.2) is 155 Å². The van der Waals surface area contributed by atoms with Crippen molar-refractivity contribution in [1.82, 2.24) is 46.1 Å². The average Bonchev–Trinajstić information content (AvgIpc) is 0.666. The van der Waals surface area contributed by atoms with Crippen LogP contribution >= 0.6 is 0 Å². The van der Waals surface area contributed by atoms with Crippen LogP contribution in [0, 0.1) is 23.7 Å². The Morgan fingerprint density at radius 2 is 1.44 bits per heavy atom. The van der Waals surface area contributed by atoms with Crippen LogP contribution in [-0.2, 0) is 80.8 Å². The number of Topliss-reactive ketones (excluding diaryl/α,β-unsaturated/α-hetero) is 1. The Bertz CT molecular complexity index is 4900. The van der Waals surface area contributed by atoms with Gasteiger partial charge in [-0.05, 0) is 143 Å². The van der Waals surface area contributed by atoms with E-state index < -0.39 is 147 Å². The number of amides is 3. The maximum absolute atomic E-state index is 16.6. The Kier molecular flexibility index (Phi) is 25.0. The Labute approximate surface area is 654 Å². The summed E-state index contributed by atoms with van der Waals surface area (Å²) < 4.78 is 45.1. The Balaban J connectivity index is 0.744. The number of nitrogens with zero attached hydrogens (tertiary/aromatic N) is 5. The van der Waals surface area contributed by atoms with E-state index in [4.69, 9.17) is 38.3 Å². The molecule has 2 bridgehead atoms. The van der Waals surface area contributed by atoms with Gasteiger partial charge in [-0.1, -0.05) is 92.4 Å². The largest absolute Gasteiger partial charge is 0.461 e. The molecule has 0 spiro atoms. The standard InChI is InChI=1S/C81H95N11O19Si2/c1-46-39-55(42-85-61(95)29-21-36-83-72(99)52-31-33-54(34-32-52)84-43-56-44-86-71-65(87-56)74(101)90-77(82)89-71)91-92-57(46)35-38-113(10,11)111-112(8,9)37-22-30-62(96)108-59-40-60-80(45-105-60,110-49(4)94)68-70(109-75(102)53-27-19-14-20-28-53)81(104)41-58(47(2)63(78(81,5)6)67(106-48(3)93)69(98)79(59,68)7)107-76(103)66(97)64(50-23-15-12-16-24-50)88-73(100)51-25-17-13-18-26-51/h12-20,22-28,31-34,37,39,44,58-60,64,66-68,70,84,97,104H,21,29-30,35-36,38,40-43,45H2,1-11H3,(H,83,99)(H,85,95)(H,88,100)(H3,82,86,89,90,101)/b37-22+/t58?,59-,60+,64-,66+,67+,68-,70-,79+,80-,81+/m0/s1. The number of aliphatic hydroxyl groups is 2. The number of aromatic amines is 1. The maximum Gasteiger partial charge on any atom is 0.338 e. The lowest BCUT2D eigenvalue weighted by Gasteiger charge is -2.67. The summed E-state index contributed by atoms with van der Waals surface area (Å²) in [6.45, 7) is 18.6. The summed E-state index contributed by atoms with van der Waals surface area (Å²) in [5.74, 6) is -8.71. The molecule has 113 heavy (non-hydrogen) atoms. The number of aromatic nitrogens is 6. The number of nitrogen functional groups attached to an aromatic ring is 1. The number of hydrogen-bond acceptors (Lipinski definition) is 26. The molecule has 9 N–H and O–H groups in total. The first-order valence-electron chi connectivity index (χ1n) is 37.3. The van der Waals surface area contributed by atoms with Gasteiger partial charge in [0.2, 0.25) is 11.9 Å². The fraction of sp³-hybridized carbons (Fsp3) is 0.420. The second kappa shape index (κ2) is 34.1. The van der Waals surface area contributed by atoms with Crippen LogP contribution in [0.4, 0.5) is 11.6 Å². The average molecular weight is 1580 g/mol. The second-order valence-electron chi connectivity index (χ2n) is 30.9. The zero-order valence-corrected chi connectivity index (χ0v) is 66.8. The first-order valence-corrected chi connectivity index (χ1v) is 43.4. The molecule has 2 saturated carbocycles. The predicted octanol–water partition coefficient (Wildman–Crippen LogP) is 7.59. The van der Waals surface area contributed by atoms with E-state index in [0.717, 1.165) is 25.1 Å². The second-order valence-corrected chi connectivity index (χ2v) is 39.3. The van der Waals surface area contributed by atoms with Crippen LogP contribution in [0.1, 0.15) is 139 Å². The molecule has 4 aliphatic rings. The summed E-state index contributed by atoms with van der Waals surface area (Å²) in [5, 5.41) is 47.0. The van der Waals surface area contributed by atoms with Gasteiger partial charge in [0.05, 0.1) is 72.3 Å². The number of ketones is 1. The number of aliphatic hydroxyl groups excluding tert-OH is 1. The molecule has 4 aromatic carbocycles. The van der Waals surface area contributed by atoms with Crippen molar-refractivity contribution in [2.24, 2.45) is 16.7 Å². The molecular formula is C81H95N11O19Si2. The molecule has 3 amide bonds. The summed E-state index contributed by atoms with van der Waals surface area (Å²) in [7, 11) is -5.23. The number of hydrogen-bond donors (Lipinski definition) is 8. The number of ether oxygens (including phenoxy) is 6. The fourth-order valence-electron chi connectivity index (χ4n) is 15.9. The third kappa shape index (κ3) is 18.4. The zero-order chi connectivity index (χ0) is 81.5. The van der Waals surface area contributed by atoms with Crippen LogP contribution in [0.2, 0.25) is 32.2 Å². The zero-order valence-electron chi connectivity index (χ0n) is 64.8. The number of esters is 5. The molecular weight excluding hydrogens is 1490 g/mol. The number of nitrogens with one attached hydrogen (secondary N) is 5. The van der Waals surface area contributed by atoms with E-state index in [1.165, 1.54) is 32.2 Å². The third-order valence-corrected chi connectivity index (χ3v) is 28.4. The molecule has 1 unspecified atom stereocenters. The number of fused-ring (bicyclic) bond motifs is 6. The Hall–Kier alpha value is -11.0. The van der Waals surface area contributed by atoms with Gasteiger partial charge in [-0.25, -0.2) is 19.6 Å². The quantitative estimate of drug-likeness (QED) is 0.00735. The first kappa shape index (κ1) is 82.9. The fourth-order valence-corrected chi connectivity index (χ4v) is 23.8. The molecule has 0 radical (unpaired) electrons. The van der Waals surface area contributed by atoms with Gasteiger partial charge in [0.1, 0.15) is 30.0 Å². The maximum atomic E-state index is 16.6. The number of anilines is 2. The van der Waals surface area contributed by atoms with E-state index in [1.54, 1.807) is 123 Å². The van der Waals surface area contributed by atoms with Crippen LogP contribution in [0.25, 0.3) is 11.2 Å².